The molecule has 126 valence electrons. The molecule has 0 aromatic heterocycles. The molecule has 0 heterocycles. The number of benzene rings is 1. The Balaban J connectivity index is 0.00000211. The smallest absolute Gasteiger partial charge is 0.410 e. The molecule has 0 radical (unpaired) electrons. The van der Waals surface area contributed by atoms with Crippen LogP contribution in [0.15, 0.2) is 24.3 Å². The Morgan fingerprint density at radius 3 is 2.27 bits per heavy atom. The van der Waals surface area contributed by atoms with Crippen LogP contribution in [0.4, 0.5) is 4.79 Å². The van der Waals surface area contributed by atoms with Crippen LogP contribution in [0.3, 0.4) is 0 Å². The number of nitrogens with zero attached hydrogens (tertiary/aromatic N) is 1. The molecule has 0 saturated heterocycles. The van der Waals surface area contributed by atoms with E-state index in [0.29, 0.717) is 6.54 Å². The van der Waals surface area contributed by atoms with Crippen molar-refractivity contribution in [2.75, 3.05) is 6.54 Å². The highest BCUT2D eigenvalue weighted by molar-refractivity contribution is 5.68. The highest BCUT2D eigenvalue weighted by atomic mass is 16.6. The van der Waals surface area contributed by atoms with Gasteiger partial charge in [-0.3, -0.25) is 0 Å². The van der Waals surface area contributed by atoms with Gasteiger partial charge in [-0.1, -0.05) is 38.1 Å². The number of hydrogen-bond acceptors (Lipinski definition) is 3. The first-order chi connectivity index (χ1) is 10.2. The largest absolute Gasteiger partial charge is 0.444 e. The van der Waals surface area contributed by atoms with Crippen molar-refractivity contribution >= 4 is 6.09 Å². The van der Waals surface area contributed by atoms with Gasteiger partial charge in [0.25, 0.3) is 0 Å². The standard InChI is InChI=1S/C16H25NO3.C2H6/c1-12-8-6-7-9-14(12)11-17(10-13(2)18)15(19)20-16(3,4)5;1-2/h6-9,13,18H,10-11H2,1-5H3;1-2H3. The summed E-state index contributed by atoms with van der Waals surface area (Å²) in [5.74, 6) is 0. The van der Waals surface area contributed by atoms with Crippen molar-refractivity contribution in [1.29, 1.82) is 0 Å². The van der Waals surface area contributed by atoms with Crippen molar-refractivity contribution in [1.82, 2.24) is 4.90 Å². The number of carbonyl (C=O) groups excluding carboxylic acids is 1. The first kappa shape index (κ1) is 20.5. The van der Waals surface area contributed by atoms with Gasteiger partial charge in [-0.25, -0.2) is 4.79 Å². The van der Waals surface area contributed by atoms with Crippen LogP contribution in [-0.4, -0.2) is 34.3 Å². The number of aliphatic hydroxyl groups excluding tert-OH is 1. The minimum atomic E-state index is -0.591. The van der Waals surface area contributed by atoms with Gasteiger partial charge >= 0.3 is 6.09 Å². The highest BCUT2D eigenvalue weighted by Crippen LogP contribution is 2.15. The summed E-state index contributed by atoms with van der Waals surface area (Å²) < 4.78 is 5.39. The molecular weight excluding hydrogens is 278 g/mol. The lowest BCUT2D eigenvalue weighted by Crippen LogP contribution is -2.40. The van der Waals surface area contributed by atoms with Crippen LogP contribution in [-0.2, 0) is 11.3 Å². The predicted molar refractivity (Wildman–Crippen MR) is 90.9 cm³/mol. The SMILES string of the molecule is CC.Cc1ccccc1CN(CC(C)O)C(=O)OC(C)(C)C. The monoisotopic (exact) mass is 309 g/mol. The van der Waals surface area contributed by atoms with Gasteiger partial charge in [0.1, 0.15) is 5.60 Å². The molecule has 1 aromatic rings. The molecule has 0 aliphatic carbocycles. The molecule has 22 heavy (non-hydrogen) atoms. The molecule has 0 saturated carbocycles. The summed E-state index contributed by atoms with van der Waals surface area (Å²) in [4.78, 5) is 13.7. The second-order valence-electron chi connectivity index (χ2n) is 6.14. The zero-order valence-electron chi connectivity index (χ0n) is 15.0. The molecule has 1 N–H and O–H groups in total. The summed E-state index contributed by atoms with van der Waals surface area (Å²) in [6.07, 6.45) is -0.992. The molecule has 0 aliphatic rings. The zero-order chi connectivity index (χ0) is 17.3. The molecule has 1 atom stereocenters. The molecule has 1 unspecified atom stereocenters. The molecule has 0 spiro atoms. The second-order valence-corrected chi connectivity index (χ2v) is 6.14. The molecule has 0 fully saturated rings. The Labute approximate surface area is 135 Å². The van der Waals surface area contributed by atoms with Gasteiger partial charge in [0, 0.05) is 6.54 Å². The fourth-order valence-corrected chi connectivity index (χ4v) is 1.84. The quantitative estimate of drug-likeness (QED) is 0.909. The molecule has 0 aliphatic heterocycles. The Bertz CT molecular complexity index is 450. The maximum atomic E-state index is 12.2. The molecule has 0 bridgehead atoms. The normalized spacial score (nSPS) is 12.0. The number of aryl methyl sites for hydroxylation is 1. The first-order valence-electron chi connectivity index (χ1n) is 7.89. The fraction of sp³-hybridized carbons (Fsp3) is 0.611. The second kappa shape index (κ2) is 9.46. The van der Waals surface area contributed by atoms with Crippen molar-refractivity contribution in [3.05, 3.63) is 35.4 Å². The third-order valence-corrected chi connectivity index (χ3v) is 2.76. The third kappa shape index (κ3) is 8.03. The highest BCUT2D eigenvalue weighted by Gasteiger charge is 2.23. The fourth-order valence-electron chi connectivity index (χ4n) is 1.84. The molecule has 1 rings (SSSR count). The Morgan fingerprint density at radius 2 is 1.82 bits per heavy atom. The lowest BCUT2D eigenvalue weighted by Gasteiger charge is -2.28. The van der Waals surface area contributed by atoms with Gasteiger partial charge < -0.3 is 14.7 Å². The number of hydrogen-bond donors (Lipinski definition) is 1. The average Bonchev–Trinajstić information content (AvgIpc) is 2.40. The zero-order valence-corrected chi connectivity index (χ0v) is 15.0. The van der Waals surface area contributed by atoms with E-state index < -0.39 is 17.8 Å². The van der Waals surface area contributed by atoms with E-state index >= 15 is 0 Å². The average molecular weight is 309 g/mol. The van der Waals surface area contributed by atoms with Gasteiger partial charge in [0.15, 0.2) is 0 Å². The van der Waals surface area contributed by atoms with Crippen molar-refractivity contribution in [2.45, 2.75) is 66.7 Å². The lowest BCUT2D eigenvalue weighted by atomic mass is 10.1. The summed E-state index contributed by atoms with van der Waals surface area (Å²) in [5.41, 5.74) is 1.63. The van der Waals surface area contributed by atoms with E-state index in [0.717, 1.165) is 11.1 Å². The van der Waals surface area contributed by atoms with Crippen LogP contribution in [0, 0.1) is 6.92 Å². The van der Waals surface area contributed by atoms with Crippen LogP contribution in [0.25, 0.3) is 0 Å². The van der Waals surface area contributed by atoms with Gasteiger partial charge in [-0.2, -0.15) is 0 Å². The number of amides is 1. The number of carbonyl (C=O) groups is 1. The minimum absolute atomic E-state index is 0.253. The molecule has 1 amide bonds. The predicted octanol–water partition coefficient (Wildman–Crippen LogP) is 4.14. The topological polar surface area (TPSA) is 49.8 Å². The summed E-state index contributed by atoms with van der Waals surface area (Å²) in [7, 11) is 0. The van der Waals surface area contributed by atoms with E-state index in [1.165, 1.54) is 4.90 Å². The van der Waals surface area contributed by atoms with Crippen LogP contribution >= 0.6 is 0 Å². The van der Waals surface area contributed by atoms with Crippen LogP contribution in [0.2, 0.25) is 0 Å². The van der Waals surface area contributed by atoms with Crippen LogP contribution < -0.4 is 0 Å². The van der Waals surface area contributed by atoms with Crippen molar-refractivity contribution in [3.8, 4) is 0 Å². The summed E-state index contributed by atoms with van der Waals surface area (Å²) in [5, 5.41) is 9.57. The number of ether oxygens (including phenoxy) is 1. The minimum Gasteiger partial charge on any atom is -0.444 e. The number of rotatable bonds is 4. The van der Waals surface area contributed by atoms with E-state index in [4.69, 9.17) is 4.74 Å². The van der Waals surface area contributed by atoms with E-state index in [1.807, 2.05) is 65.8 Å². The first-order valence-corrected chi connectivity index (χ1v) is 7.89. The lowest BCUT2D eigenvalue weighted by molar-refractivity contribution is 0.0142. The van der Waals surface area contributed by atoms with Crippen molar-refractivity contribution in [2.24, 2.45) is 0 Å². The van der Waals surface area contributed by atoms with Crippen LogP contribution in [0.5, 0.6) is 0 Å². The molecular formula is C18H31NO3. The van der Waals surface area contributed by atoms with Gasteiger partial charge in [-0.15, -0.1) is 0 Å². The molecule has 1 aromatic carbocycles. The van der Waals surface area contributed by atoms with E-state index in [9.17, 15) is 9.90 Å². The Morgan fingerprint density at radius 1 is 1.27 bits per heavy atom. The molecule has 4 nitrogen and oxygen atoms in total. The van der Waals surface area contributed by atoms with E-state index in [1.54, 1.807) is 6.92 Å². The van der Waals surface area contributed by atoms with Crippen LogP contribution in [0.1, 0.15) is 52.7 Å². The van der Waals surface area contributed by atoms with Crippen molar-refractivity contribution in [3.63, 3.8) is 0 Å². The maximum absolute atomic E-state index is 12.2. The number of aliphatic hydroxyl groups is 1. The van der Waals surface area contributed by atoms with Gasteiger partial charge in [-0.05, 0) is 45.7 Å². The maximum Gasteiger partial charge on any atom is 0.410 e. The third-order valence-electron chi connectivity index (χ3n) is 2.76. The van der Waals surface area contributed by atoms with Crippen molar-refractivity contribution < 1.29 is 14.6 Å². The van der Waals surface area contributed by atoms with Gasteiger partial charge in [0.2, 0.25) is 0 Å². The summed E-state index contributed by atoms with van der Waals surface area (Å²) in [6, 6.07) is 7.89. The van der Waals surface area contributed by atoms with E-state index in [-0.39, 0.29) is 6.54 Å². The Hall–Kier alpha value is -1.55. The molecule has 4 heteroatoms. The van der Waals surface area contributed by atoms with Gasteiger partial charge in [0.05, 0.1) is 12.6 Å². The van der Waals surface area contributed by atoms with E-state index in [2.05, 4.69) is 0 Å². The Kier molecular flexibility index (Phi) is 8.80. The summed E-state index contributed by atoms with van der Waals surface area (Å²) >= 11 is 0. The summed E-state index contributed by atoms with van der Waals surface area (Å²) in [6.45, 7) is 13.9.